The maximum Gasteiger partial charge on any atom is 0.0642 e. The SMILES string of the molecule is CC1(C(O)Cc2sccc2Br)CC1. The quantitative estimate of drug-likeness (QED) is 0.885. The van der Waals surface area contributed by atoms with E-state index in [1.165, 1.54) is 17.7 Å². The van der Waals surface area contributed by atoms with Crippen molar-refractivity contribution in [3.63, 3.8) is 0 Å². The molecule has 1 nitrogen and oxygen atoms in total. The van der Waals surface area contributed by atoms with Crippen molar-refractivity contribution in [1.29, 1.82) is 0 Å². The topological polar surface area (TPSA) is 20.2 Å². The summed E-state index contributed by atoms with van der Waals surface area (Å²) in [6.07, 6.45) is 2.99. The third kappa shape index (κ3) is 1.97. The highest BCUT2D eigenvalue weighted by atomic mass is 79.9. The Bertz CT molecular complexity index is 304. The molecule has 1 aromatic rings. The monoisotopic (exact) mass is 260 g/mol. The van der Waals surface area contributed by atoms with Gasteiger partial charge in [-0.2, -0.15) is 0 Å². The highest BCUT2D eigenvalue weighted by Crippen LogP contribution is 2.49. The molecule has 0 radical (unpaired) electrons. The molecule has 13 heavy (non-hydrogen) atoms. The van der Waals surface area contributed by atoms with Gasteiger partial charge in [0.1, 0.15) is 0 Å². The maximum absolute atomic E-state index is 9.93. The van der Waals surface area contributed by atoms with Gasteiger partial charge in [-0.05, 0) is 45.6 Å². The average molecular weight is 261 g/mol. The summed E-state index contributed by atoms with van der Waals surface area (Å²) in [5, 5.41) is 12.0. The van der Waals surface area contributed by atoms with E-state index in [0.717, 1.165) is 10.9 Å². The van der Waals surface area contributed by atoms with Gasteiger partial charge in [0.05, 0.1) is 6.10 Å². The summed E-state index contributed by atoms with van der Waals surface area (Å²) >= 11 is 5.20. The summed E-state index contributed by atoms with van der Waals surface area (Å²) in [6, 6.07) is 2.04. The predicted molar refractivity (Wildman–Crippen MR) is 59.1 cm³/mol. The summed E-state index contributed by atoms with van der Waals surface area (Å²) in [6.45, 7) is 2.17. The fourth-order valence-corrected chi connectivity index (χ4v) is 2.98. The lowest BCUT2D eigenvalue weighted by molar-refractivity contribution is 0.104. The molecule has 0 saturated heterocycles. The van der Waals surface area contributed by atoms with Crippen molar-refractivity contribution in [2.45, 2.75) is 32.3 Å². The molecule has 1 unspecified atom stereocenters. The second-order valence-electron chi connectivity index (χ2n) is 4.07. The minimum Gasteiger partial charge on any atom is -0.392 e. The van der Waals surface area contributed by atoms with Gasteiger partial charge in [0.25, 0.3) is 0 Å². The zero-order chi connectivity index (χ0) is 9.47. The fraction of sp³-hybridized carbons (Fsp3) is 0.600. The van der Waals surface area contributed by atoms with Gasteiger partial charge in [0.2, 0.25) is 0 Å². The molecule has 0 spiro atoms. The van der Waals surface area contributed by atoms with Gasteiger partial charge >= 0.3 is 0 Å². The van der Waals surface area contributed by atoms with Crippen molar-refractivity contribution in [3.8, 4) is 0 Å². The highest BCUT2D eigenvalue weighted by Gasteiger charge is 2.44. The molecule has 3 heteroatoms. The van der Waals surface area contributed by atoms with Crippen LogP contribution in [-0.4, -0.2) is 11.2 Å². The molecule has 0 aromatic carbocycles. The molecule has 1 saturated carbocycles. The molecule has 2 rings (SSSR count). The van der Waals surface area contributed by atoms with Gasteiger partial charge in [-0.3, -0.25) is 0 Å². The summed E-state index contributed by atoms with van der Waals surface area (Å²) in [7, 11) is 0. The van der Waals surface area contributed by atoms with Crippen LogP contribution in [0.1, 0.15) is 24.6 Å². The Morgan fingerprint density at radius 3 is 2.85 bits per heavy atom. The zero-order valence-electron chi connectivity index (χ0n) is 7.59. The Labute approximate surface area is 90.9 Å². The highest BCUT2D eigenvalue weighted by molar-refractivity contribution is 9.10. The number of hydrogen-bond donors (Lipinski definition) is 1. The van der Waals surface area contributed by atoms with Gasteiger partial charge in [-0.15, -0.1) is 11.3 Å². The lowest BCUT2D eigenvalue weighted by Crippen LogP contribution is -2.20. The standard InChI is InChI=1S/C10H13BrOS/c1-10(3-4-10)9(12)6-8-7(11)2-5-13-8/h2,5,9,12H,3-4,6H2,1H3. The normalized spacial score (nSPS) is 21.5. The first-order valence-electron chi connectivity index (χ1n) is 4.52. The van der Waals surface area contributed by atoms with E-state index < -0.39 is 0 Å². The summed E-state index contributed by atoms with van der Waals surface area (Å²) in [5.74, 6) is 0. The molecule has 0 bridgehead atoms. The van der Waals surface area contributed by atoms with Crippen molar-refractivity contribution < 1.29 is 5.11 Å². The number of thiophene rings is 1. The van der Waals surface area contributed by atoms with E-state index in [1.807, 2.05) is 6.07 Å². The van der Waals surface area contributed by atoms with Gasteiger partial charge in [0, 0.05) is 15.8 Å². The van der Waals surface area contributed by atoms with Crippen LogP contribution < -0.4 is 0 Å². The van der Waals surface area contributed by atoms with Crippen LogP contribution in [0.4, 0.5) is 0 Å². The largest absolute Gasteiger partial charge is 0.392 e. The molecule has 0 aliphatic heterocycles. The lowest BCUT2D eigenvalue weighted by Gasteiger charge is -2.16. The van der Waals surface area contributed by atoms with E-state index >= 15 is 0 Å². The molecule has 1 fully saturated rings. The molecule has 1 aromatic heterocycles. The van der Waals surface area contributed by atoms with Crippen molar-refractivity contribution in [2.75, 3.05) is 0 Å². The Balaban J connectivity index is 2.02. The second-order valence-corrected chi connectivity index (χ2v) is 5.92. The van der Waals surface area contributed by atoms with Gasteiger partial charge < -0.3 is 5.11 Å². The summed E-state index contributed by atoms with van der Waals surface area (Å²) < 4.78 is 1.14. The smallest absolute Gasteiger partial charge is 0.0642 e. The number of halogens is 1. The fourth-order valence-electron chi connectivity index (χ4n) is 1.42. The summed E-state index contributed by atoms with van der Waals surface area (Å²) in [5.41, 5.74) is 0.212. The van der Waals surface area contributed by atoms with Gasteiger partial charge in [-0.1, -0.05) is 6.92 Å². The minimum absolute atomic E-state index is 0.164. The Kier molecular flexibility index (Phi) is 2.51. The molecule has 1 heterocycles. The lowest BCUT2D eigenvalue weighted by atomic mass is 9.99. The van der Waals surface area contributed by atoms with Crippen molar-refractivity contribution in [3.05, 3.63) is 20.8 Å². The van der Waals surface area contributed by atoms with Crippen molar-refractivity contribution in [2.24, 2.45) is 5.41 Å². The molecule has 1 N–H and O–H groups in total. The van der Waals surface area contributed by atoms with Crippen LogP contribution in [-0.2, 0) is 6.42 Å². The van der Waals surface area contributed by atoms with Crippen LogP contribution in [0.15, 0.2) is 15.9 Å². The zero-order valence-corrected chi connectivity index (χ0v) is 9.99. The van der Waals surface area contributed by atoms with Crippen LogP contribution in [0.2, 0.25) is 0 Å². The molecule has 0 amide bonds. The Morgan fingerprint density at radius 2 is 2.38 bits per heavy atom. The first-order chi connectivity index (χ1) is 6.12. The average Bonchev–Trinajstić information content (AvgIpc) is 2.72. The van der Waals surface area contributed by atoms with Crippen LogP contribution in [0.3, 0.4) is 0 Å². The Hall–Kier alpha value is 0.140. The second kappa shape index (κ2) is 3.37. The molecule has 1 atom stereocenters. The molecule has 1 aliphatic carbocycles. The van der Waals surface area contributed by atoms with E-state index in [4.69, 9.17) is 0 Å². The van der Waals surface area contributed by atoms with Gasteiger partial charge in [0.15, 0.2) is 0 Å². The third-order valence-corrected chi connectivity index (χ3v) is 4.86. The molecule has 1 aliphatic rings. The summed E-state index contributed by atoms with van der Waals surface area (Å²) in [4.78, 5) is 1.26. The molecular formula is C10H13BrOS. The molecule has 72 valence electrons. The van der Waals surface area contributed by atoms with Crippen molar-refractivity contribution >= 4 is 27.3 Å². The van der Waals surface area contributed by atoms with Crippen LogP contribution in [0.25, 0.3) is 0 Å². The maximum atomic E-state index is 9.93. The van der Waals surface area contributed by atoms with Gasteiger partial charge in [-0.25, -0.2) is 0 Å². The van der Waals surface area contributed by atoms with Crippen molar-refractivity contribution in [1.82, 2.24) is 0 Å². The van der Waals surface area contributed by atoms with E-state index in [0.29, 0.717) is 0 Å². The molecular weight excluding hydrogens is 248 g/mol. The number of hydrogen-bond acceptors (Lipinski definition) is 2. The minimum atomic E-state index is -0.164. The van der Waals surface area contributed by atoms with E-state index in [2.05, 4.69) is 28.2 Å². The van der Waals surface area contributed by atoms with Crippen LogP contribution in [0, 0.1) is 5.41 Å². The predicted octanol–water partition coefficient (Wildman–Crippen LogP) is 3.21. The van der Waals surface area contributed by atoms with Crippen LogP contribution in [0.5, 0.6) is 0 Å². The first kappa shape index (κ1) is 9.69. The number of aliphatic hydroxyl groups is 1. The van der Waals surface area contributed by atoms with E-state index in [9.17, 15) is 5.11 Å². The number of aliphatic hydroxyl groups excluding tert-OH is 1. The number of rotatable bonds is 3. The third-order valence-electron chi connectivity index (χ3n) is 2.91. The first-order valence-corrected chi connectivity index (χ1v) is 6.19. The van der Waals surface area contributed by atoms with Crippen LogP contribution >= 0.6 is 27.3 Å². The van der Waals surface area contributed by atoms with E-state index in [-0.39, 0.29) is 11.5 Å². The Morgan fingerprint density at radius 1 is 1.69 bits per heavy atom. The van der Waals surface area contributed by atoms with E-state index in [1.54, 1.807) is 11.3 Å².